The third-order valence-corrected chi connectivity index (χ3v) is 3.57. The van der Waals surface area contributed by atoms with Crippen molar-refractivity contribution in [3.8, 4) is 0 Å². The Balaban J connectivity index is 1.90. The number of pyridine rings is 1. The maximum atomic E-state index is 12.9. The van der Waals surface area contributed by atoms with Gasteiger partial charge in [0.25, 0.3) is 11.6 Å². The van der Waals surface area contributed by atoms with Crippen LogP contribution in [0.3, 0.4) is 0 Å². The number of alkyl halides is 3. The lowest BCUT2D eigenvalue weighted by molar-refractivity contribution is -0.138. The minimum Gasteiger partial charge on any atom is -0.336 e. The third-order valence-electron chi connectivity index (χ3n) is 3.57. The monoisotopic (exact) mass is 335 g/mol. The van der Waals surface area contributed by atoms with Crippen molar-refractivity contribution in [2.24, 2.45) is 0 Å². The second-order valence-electron chi connectivity index (χ2n) is 5.33. The van der Waals surface area contributed by atoms with Crippen molar-refractivity contribution in [1.82, 2.24) is 10.1 Å². The fourth-order valence-electron chi connectivity index (χ4n) is 2.28. The molecule has 0 saturated carbocycles. The van der Waals surface area contributed by atoms with E-state index in [1.54, 1.807) is 6.92 Å². The van der Waals surface area contributed by atoms with E-state index in [1.807, 2.05) is 0 Å². The molecule has 3 aromatic rings. The van der Waals surface area contributed by atoms with Gasteiger partial charge >= 0.3 is 6.18 Å². The van der Waals surface area contributed by atoms with Gasteiger partial charge in [0.1, 0.15) is 0 Å². The van der Waals surface area contributed by atoms with Gasteiger partial charge in [-0.15, -0.1) is 0 Å². The highest BCUT2D eigenvalue weighted by Gasteiger charge is 2.32. The summed E-state index contributed by atoms with van der Waals surface area (Å²) in [5.74, 6) is -0.568. The lowest BCUT2D eigenvalue weighted by Gasteiger charge is -2.12. The van der Waals surface area contributed by atoms with Crippen molar-refractivity contribution in [2.75, 3.05) is 5.32 Å². The summed E-state index contributed by atoms with van der Waals surface area (Å²) in [5, 5.41) is 6.75. The average Bonchev–Trinajstić information content (AvgIpc) is 2.89. The van der Waals surface area contributed by atoms with E-state index in [1.165, 1.54) is 31.3 Å². The number of anilines is 1. The molecule has 1 amide bonds. The lowest BCUT2D eigenvalue weighted by atomic mass is 10.1. The van der Waals surface area contributed by atoms with Crippen LogP contribution in [-0.2, 0) is 6.18 Å². The average molecular weight is 335 g/mol. The van der Waals surface area contributed by atoms with Crippen LogP contribution in [0, 0.1) is 13.8 Å². The molecule has 3 rings (SSSR count). The first-order chi connectivity index (χ1) is 11.3. The van der Waals surface area contributed by atoms with E-state index in [9.17, 15) is 18.0 Å². The van der Waals surface area contributed by atoms with Gasteiger partial charge in [-0.2, -0.15) is 13.2 Å². The zero-order valence-electron chi connectivity index (χ0n) is 12.7. The Hall–Kier alpha value is -2.90. The van der Waals surface area contributed by atoms with Gasteiger partial charge in [-0.25, -0.2) is 4.98 Å². The van der Waals surface area contributed by atoms with Gasteiger partial charge in [-0.3, -0.25) is 4.79 Å². The minimum absolute atomic E-state index is 0.0556. The number of aromatic nitrogens is 2. The van der Waals surface area contributed by atoms with Crippen LogP contribution in [-0.4, -0.2) is 16.0 Å². The number of carbonyl (C=O) groups excluding carboxylic acids is 1. The van der Waals surface area contributed by atoms with Crippen molar-refractivity contribution in [2.45, 2.75) is 20.0 Å². The van der Waals surface area contributed by atoms with E-state index in [2.05, 4.69) is 15.5 Å². The standard InChI is InChI=1S/C16H12F3N3O2/c1-8-3-4-11(6-13(8)16(17,18)19)21-14(23)10-5-12-9(2)22-24-15(12)20-7-10/h3-7H,1-2H3,(H,21,23). The molecule has 0 aliphatic carbocycles. The number of nitrogens with one attached hydrogen (secondary N) is 1. The Morgan fingerprint density at radius 3 is 2.67 bits per heavy atom. The molecule has 2 aromatic heterocycles. The highest BCUT2D eigenvalue weighted by atomic mass is 19.4. The Morgan fingerprint density at radius 2 is 1.96 bits per heavy atom. The largest absolute Gasteiger partial charge is 0.416 e. The molecule has 0 radical (unpaired) electrons. The SMILES string of the molecule is Cc1ccc(NC(=O)c2cnc3onc(C)c3c2)cc1C(F)(F)F. The molecule has 0 fully saturated rings. The summed E-state index contributed by atoms with van der Waals surface area (Å²) in [5.41, 5.74) is 0.413. The smallest absolute Gasteiger partial charge is 0.336 e. The van der Waals surface area contributed by atoms with E-state index in [4.69, 9.17) is 4.52 Å². The number of hydrogen-bond donors (Lipinski definition) is 1. The van der Waals surface area contributed by atoms with Crippen LogP contribution in [0.25, 0.3) is 11.1 Å². The first-order valence-corrected chi connectivity index (χ1v) is 6.97. The number of benzene rings is 1. The molecule has 24 heavy (non-hydrogen) atoms. The predicted octanol–water partition coefficient (Wildman–Crippen LogP) is 4.11. The number of aryl methyl sites for hydroxylation is 2. The molecule has 124 valence electrons. The molecule has 0 saturated heterocycles. The summed E-state index contributed by atoms with van der Waals surface area (Å²) in [6.07, 6.45) is -3.20. The first-order valence-electron chi connectivity index (χ1n) is 6.97. The maximum absolute atomic E-state index is 12.9. The quantitative estimate of drug-likeness (QED) is 0.765. The van der Waals surface area contributed by atoms with E-state index in [0.717, 1.165) is 6.07 Å². The van der Waals surface area contributed by atoms with Crippen LogP contribution in [0.4, 0.5) is 18.9 Å². The van der Waals surface area contributed by atoms with Gasteiger partial charge in [0.05, 0.1) is 22.2 Å². The summed E-state index contributed by atoms with van der Waals surface area (Å²) < 4.78 is 43.7. The highest BCUT2D eigenvalue weighted by Crippen LogP contribution is 2.33. The molecule has 8 heteroatoms. The normalized spacial score (nSPS) is 11.7. The molecule has 0 aliphatic heterocycles. The third kappa shape index (κ3) is 2.94. The number of nitrogens with zero attached hydrogens (tertiary/aromatic N) is 2. The molecular formula is C16H12F3N3O2. The number of hydrogen-bond acceptors (Lipinski definition) is 4. The summed E-state index contributed by atoms with van der Waals surface area (Å²) >= 11 is 0. The summed E-state index contributed by atoms with van der Waals surface area (Å²) in [6.45, 7) is 3.06. The van der Waals surface area contributed by atoms with Gasteiger partial charge in [0.2, 0.25) is 0 Å². The van der Waals surface area contributed by atoms with E-state index in [0.29, 0.717) is 16.8 Å². The van der Waals surface area contributed by atoms with Gasteiger partial charge in [-0.05, 0) is 37.6 Å². The number of halogens is 3. The van der Waals surface area contributed by atoms with Gasteiger partial charge in [0.15, 0.2) is 0 Å². The summed E-state index contributed by atoms with van der Waals surface area (Å²) in [7, 11) is 0. The van der Waals surface area contributed by atoms with E-state index >= 15 is 0 Å². The van der Waals surface area contributed by atoms with Crippen LogP contribution in [0.1, 0.15) is 27.2 Å². The Kier molecular flexibility index (Phi) is 3.75. The van der Waals surface area contributed by atoms with E-state index < -0.39 is 17.6 Å². The fraction of sp³-hybridized carbons (Fsp3) is 0.188. The second kappa shape index (κ2) is 5.63. The van der Waals surface area contributed by atoms with Gasteiger partial charge < -0.3 is 9.84 Å². The van der Waals surface area contributed by atoms with Crippen LogP contribution in [0.5, 0.6) is 0 Å². The molecule has 5 nitrogen and oxygen atoms in total. The van der Waals surface area contributed by atoms with E-state index in [-0.39, 0.29) is 16.8 Å². The second-order valence-corrected chi connectivity index (χ2v) is 5.33. The molecule has 0 unspecified atom stereocenters. The van der Waals surface area contributed by atoms with Crippen molar-refractivity contribution in [1.29, 1.82) is 0 Å². The molecule has 1 aromatic carbocycles. The molecular weight excluding hydrogens is 323 g/mol. The topological polar surface area (TPSA) is 68.0 Å². The van der Waals surface area contributed by atoms with Crippen LogP contribution < -0.4 is 5.32 Å². The van der Waals surface area contributed by atoms with Crippen LogP contribution >= 0.6 is 0 Å². The molecule has 0 atom stereocenters. The maximum Gasteiger partial charge on any atom is 0.416 e. The zero-order chi connectivity index (χ0) is 17.5. The minimum atomic E-state index is -4.48. The first kappa shape index (κ1) is 16.0. The van der Waals surface area contributed by atoms with Crippen molar-refractivity contribution in [3.63, 3.8) is 0 Å². The van der Waals surface area contributed by atoms with Gasteiger partial charge in [0, 0.05) is 11.9 Å². The number of amides is 1. The Morgan fingerprint density at radius 1 is 1.21 bits per heavy atom. The molecule has 0 spiro atoms. The van der Waals surface area contributed by atoms with Crippen molar-refractivity contribution >= 4 is 22.7 Å². The molecule has 0 aliphatic rings. The van der Waals surface area contributed by atoms with Crippen LogP contribution in [0.15, 0.2) is 35.0 Å². The summed E-state index contributed by atoms with van der Waals surface area (Å²) in [6, 6.07) is 5.16. The Bertz CT molecular complexity index is 932. The predicted molar refractivity (Wildman–Crippen MR) is 80.7 cm³/mol. The van der Waals surface area contributed by atoms with Gasteiger partial charge in [-0.1, -0.05) is 11.2 Å². The molecule has 0 bridgehead atoms. The molecule has 2 heterocycles. The number of carbonyl (C=O) groups is 1. The number of rotatable bonds is 2. The van der Waals surface area contributed by atoms with Crippen molar-refractivity contribution < 1.29 is 22.5 Å². The fourth-order valence-corrected chi connectivity index (χ4v) is 2.28. The Labute approximate surface area is 134 Å². The zero-order valence-corrected chi connectivity index (χ0v) is 12.7. The lowest BCUT2D eigenvalue weighted by Crippen LogP contribution is -2.14. The van der Waals surface area contributed by atoms with Crippen LogP contribution in [0.2, 0.25) is 0 Å². The molecule has 1 N–H and O–H groups in total. The highest BCUT2D eigenvalue weighted by molar-refractivity contribution is 6.05. The summed E-state index contributed by atoms with van der Waals surface area (Å²) in [4.78, 5) is 16.2. The number of fused-ring (bicyclic) bond motifs is 1. The van der Waals surface area contributed by atoms with Crippen molar-refractivity contribution in [3.05, 3.63) is 52.8 Å².